The predicted molar refractivity (Wildman–Crippen MR) is 62.4 cm³/mol. The van der Waals surface area contributed by atoms with Crippen LogP contribution in [0.15, 0.2) is 24.3 Å². The smallest absolute Gasteiger partial charge is 0.0638 e. The van der Waals surface area contributed by atoms with E-state index >= 15 is 0 Å². The summed E-state index contributed by atoms with van der Waals surface area (Å²) in [6, 6.07) is 11.1. The molecule has 0 amide bonds. The molecule has 2 atom stereocenters. The zero-order valence-electron chi connectivity index (χ0n) is 9.62. The monoisotopic (exact) mass is 202 g/mol. The van der Waals surface area contributed by atoms with E-state index in [0.29, 0.717) is 12.5 Å². The second-order valence-corrected chi connectivity index (χ2v) is 4.01. The van der Waals surface area contributed by atoms with Crippen LogP contribution in [0.1, 0.15) is 37.4 Å². The number of hydrogen-bond acceptors (Lipinski definition) is 2. The molecule has 1 N–H and O–H groups in total. The number of nitrogens with zero attached hydrogens (tertiary/aromatic N) is 1. The van der Waals surface area contributed by atoms with Crippen LogP contribution in [-0.4, -0.2) is 6.04 Å². The van der Waals surface area contributed by atoms with E-state index in [2.05, 4.69) is 43.4 Å². The van der Waals surface area contributed by atoms with Crippen LogP contribution in [0, 0.1) is 18.3 Å². The van der Waals surface area contributed by atoms with Gasteiger partial charge in [0.1, 0.15) is 0 Å². The molecule has 2 heteroatoms. The van der Waals surface area contributed by atoms with Crippen molar-refractivity contribution in [3.8, 4) is 6.07 Å². The highest BCUT2D eigenvalue weighted by Gasteiger charge is 2.10. The molecular weight excluding hydrogens is 184 g/mol. The lowest BCUT2D eigenvalue weighted by Crippen LogP contribution is -2.28. The molecule has 1 aromatic carbocycles. The van der Waals surface area contributed by atoms with E-state index in [-0.39, 0.29) is 6.04 Å². The Balaban J connectivity index is 2.66. The van der Waals surface area contributed by atoms with Gasteiger partial charge in [-0.05, 0) is 31.9 Å². The molecule has 0 aromatic heterocycles. The molecule has 2 nitrogen and oxygen atoms in total. The Morgan fingerprint density at radius 3 is 2.60 bits per heavy atom. The van der Waals surface area contributed by atoms with Crippen LogP contribution in [0.25, 0.3) is 0 Å². The Morgan fingerprint density at radius 2 is 2.00 bits per heavy atom. The molecule has 0 heterocycles. The average molecular weight is 202 g/mol. The number of aryl methyl sites for hydroxylation is 1. The summed E-state index contributed by atoms with van der Waals surface area (Å²) < 4.78 is 0. The summed E-state index contributed by atoms with van der Waals surface area (Å²) in [5.41, 5.74) is 2.60. The molecule has 0 aliphatic carbocycles. The highest BCUT2D eigenvalue weighted by atomic mass is 14.9. The second kappa shape index (κ2) is 5.53. The van der Waals surface area contributed by atoms with Crippen LogP contribution in [0.4, 0.5) is 0 Å². The fourth-order valence-electron chi connectivity index (χ4n) is 1.79. The lowest BCUT2D eigenvalue weighted by molar-refractivity contribution is 0.484. The predicted octanol–water partition coefficient (Wildman–Crippen LogP) is 2.95. The van der Waals surface area contributed by atoms with Crippen molar-refractivity contribution in [2.24, 2.45) is 0 Å². The van der Waals surface area contributed by atoms with E-state index in [1.807, 2.05) is 13.0 Å². The third-order valence-electron chi connectivity index (χ3n) is 2.59. The van der Waals surface area contributed by atoms with Gasteiger partial charge in [-0.3, -0.25) is 0 Å². The first-order valence-electron chi connectivity index (χ1n) is 5.33. The number of rotatable bonds is 4. The standard InChI is InChI=1S/C13H18N2/c1-10-6-4-5-7-13(10)12(3)15-11(2)8-9-14/h4-7,11-12,15H,8H2,1-3H3. The fourth-order valence-corrected chi connectivity index (χ4v) is 1.79. The Bertz CT molecular complexity index is 352. The van der Waals surface area contributed by atoms with Crippen LogP contribution in [-0.2, 0) is 0 Å². The maximum absolute atomic E-state index is 8.58. The van der Waals surface area contributed by atoms with Crippen LogP contribution in [0.3, 0.4) is 0 Å². The van der Waals surface area contributed by atoms with Gasteiger partial charge in [0, 0.05) is 12.1 Å². The van der Waals surface area contributed by atoms with E-state index in [0.717, 1.165) is 0 Å². The number of nitriles is 1. The molecule has 0 bridgehead atoms. The minimum atomic E-state index is 0.240. The van der Waals surface area contributed by atoms with E-state index < -0.39 is 0 Å². The van der Waals surface area contributed by atoms with Gasteiger partial charge in [-0.25, -0.2) is 0 Å². The summed E-state index contributed by atoms with van der Waals surface area (Å²) in [6.45, 7) is 6.29. The van der Waals surface area contributed by atoms with Gasteiger partial charge in [0.2, 0.25) is 0 Å². The van der Waals surface area contributed by atoms with Crippen LogP contribution >= 0.6 is 0 Å². The molecule has 0 spiro atoms. The molecule has 0 aliphatic heterocycles. The minimum Gasteiger partial charge on any atom is -0.307 e. The van der Waals surface area contributed by atoms with Crippen molar-refractivity contribution in [1.29, 1.82) is 5.26 Å². The van der Waals surface area contributed by atoms with Gasteiger partial charge >= 0.3 is 0 Å². The van der Waals surface area contributed by atoms with Crippen molar-refractivity contribution in [2.75, 3.05) is 0 Å². The van der Waals surface area contributed by atoms with Crippen LogP contribution in [0.2, 0.25) is 0 Å². The molecular formula is C13H18N2. The first-order valence-corrected chi connectivity index (χ1v) is 5.33. The van der Waals surface area contributed by atoms with Crippen molar-refractivity contribution in [3.63, 3.8) is 0 Å². The topological polar surface area (TPSA) is 35.8 Å². The van der Waals surface area contributed by atoms with E-state index in [9.17, 15) is 0 Å². The maximum Gasteiger partial charge on any atom is 0.0638 e. The van der Waals surface area contributed by atoms with Crippen molar-refractivity contribution >= 4 is 0 Å². The summed E-state index contributed by atoms with van der Waals surface area (Å²) in [5, 5.41) is 12.0. The summed E-state index contributed by atoms with van der Waals surface area (Å²) in [6.07, 6.45) is 0.552. The number of hydrogen-bond donors (Lipinski definition) is 1. The van der Waals surface area contributed by atoms with Gasteiger partial charge < -0.3 is 5.32 Å². The SMILES string of the molecule is Cc1ccccc1C(C)NC(C)CC#N. The number of benzene rings is 1. The molecule has 2 unspecified atom stereocenters. The molecule has 0 saturated carbocycles. The molecule has 1 aromatic rings. The highest BCUT2D eigenvalue weighted by molar-refractivity contribution is 5.28. The summed E-state index contributed by atoms with van der Waals surface area (Å²) in [7, 11) is 0. The fraction of sp³-hybridized carbons (Fsp3) is 0.462. The largest absolute Gasteiger partial charge is 0.307 e. The minimum absolute atomic E-state index is 0.240. The van der Waals surface area contributed by atoms with Gasteiger partial charge in [-0.15, -0.1) is 0 Å². The van der Waals surface area contributed by atoms with Crippen molar-refractivity contribution in [1.82, 2.24) is 5.32 Å². The Kier molecular flexibility index (Phi) is 4.33. The molecule has 0 aliphatic rings. The zero-order valence-corrected chi connectivity index (χ0v) is 9.62. The second-order valence-electron chi connectivity index (χ2n) is 4.01. The molecule has 0 saturated heterocycles. The quantitative estimate of drug-likeness (QED) is 0.814. The lowest BCUT2D eigenvalue weighted by atomic mass is 10.0. The van der Waals surface area contributed by atoms with E-state index in [4.69, 9.17) is 5.26 Å². The third kappa shape index (κ3) is 3.38. The van der Waals surface area contributed by atoms with Gasteiger partial charge in [0.25, 0.3) is 0 Å². The zero-order chi connectivity index (χ0) is 11.3. The van der Waals surface area contributed by atoms with Crippen molar-refractivity contribution in [2.45, 2.75) is 39.3 Å². The lowest BCUT2D eigenvalue weighted by Gasteiger charge is -2.20. The molecule has 15 heavy (non-hydrogen) atoms. The summed E-state index contributed by atoms with van der Waals surface area (Å²) in [5.74, 6) is 0. The molecule has 0 fully saturated rings. The summed E-state index contributed by atoms with van der Waals surface area (Å²) in [4.78, 5) is 0. The summed E-state index contributed by atoms with van der Waals surface area (Å²) >= 11 is 0. The molecule has 1 rings (SSSR count). The van der Waals surface area contributed by atoms with E-state index in [1.54, 1.807) is 0 Å². The Morgan fingerprint density at radius 1 is 1.33 bits per heavy atom. The first kappa shape index (κ1) is 11.7. The Hall–Kier alpha value is -1.33. The van der Waals surface area contributed by atoms with Gasteiger partial charge in [0.15, 0.2) is 0 Å². The third-order valence-corrected chi connectivity index (χ3v) is 2.59. The molecule has 80 valence electrons. The van der Waals surface area contributed by atoms with Gasteiger partial charge in [-0.1, -0.05) is 24.3 Å². The maximum atomic E-state index is 8.58. The normalized spacial score (nSPS) is 14.3. The van der Waals surface area contributed by atoms with Crippen molar-refractivity contribution in [3.05, 3.63) is 35.4 Å². The van der Waals surface area contributed by atoms with E-state index in [1.165, 1.54) is 11.1 Å². The highest BCUT2D eigenvalue weighted by Crippen LogP contribution is 2.17. The van der Waals surface area contributed by atoms with Gasteiger partial charge in [0.05, 0.1) is 12.5 Å². The van der Waals surface area contributed by atoms with Crippen LogP contribution in [0.5, 0.6) is 0 Å². The average Bonchev–Trinajstić information content (AvgIpc) is 2.18. The van der Waals surface area contributed by atoms with Crippen LogP contribution < -0.4 is 5.32 Å². The first-order chi connectivity index (χ1) is 7.15. The molecule has 0 radical (unpaired) electrons. The van der Waals surface area contributed by atoms with Crippen molar-refractivity contribution < 1.29 is 0 Å². The Labute approximate surface area is 91.9 Å². The van der Waals surface area contributed by atoms with Gasteiger partial charge in [-0.2, -0.15) is 5.26 Å². The number of nitrogens with one attached hydrogen (secondary N) is 1.